The monoisotopic (exact) mass is 706 g/mol. The van der Waals surface area contributed by atoms with Crippen LogP contribution in [0.15, 0.2) is 60.7 Å². The molecule has 0 spiro atoms. The Labute approximate surface area is 301 Å². The zero-order valence-electron chi connectivity index (χ0n) is 29.2. The minimum Gasteiger partial charge on any atom is -0.378 e. The molecule has 5 amide bonds. The van der Waals surface area contributed by atoms with Crippen LogP contribution in [0.3, 0.4) is 0 Å². The Balaban J connectivity index is 0.888. The van der Waals surface area contributed by atoms with E-state index in [1.807, 2.05) is 53.1 Å². The maximum absolute atomic E-state index is 13.5. The number of rotatable bonds is 20. The largest absolute Gasteiger partial charge is 0.378 e. The highest BCUT2D eigenvalue weighted by Crippen LogP contribution is 2.33. The van der Waals surface area contributed by atoms with E-state index in [9.17, 15) is 19.2 Å². The molecule has 4 N–H and O–H groups in total. The van der Waals surface area contributed by atoms with E-state index in [0.29, 0.717) is 50.8 Å². The van der Waals surface area contributed by atoms with Crippen LogP contribution in [0.5, 0.6) is 0 Å². The molecule has 0 aliphatic carbocycles. The number of urea groups is 1. The van der Waals surface area contributed by atoms with Crippen molar-refractivity contribution < 1.29 is 23.9 Å². The van der Waals surface area contributed by atoms with Crippen LogP contribution in [0, 0.1) is 0 Å². The smallest absolute Gasteiger partial charge is 0.315 e. The minimum absolute atomic E-state index is 0.0133. The number of hydrogen-bond donors (Lipinski definition) is 4. The van der Waals surface area contributed by atoms with Gasteiger partial charge in [0.1, 0.15) is 0 Å². The number of thioether (sulfide) groups is 1. The number of anilines is 1. The summed E-state index contributed by atoms with van der Waals surface area (Å²) in [5.74, 6) is 0.939. The van der Waals surface area contributed by atoms with E-state index in [1.165, 1.54) is 5.56 Å². The number of piperidine rings is 1. The van der Waals surface area contributed by atoms with Gasteiger partial charge in [-0.05, 0) is 56.2 Å². The van der Waals surface area contributed by atoms with Gasteiger partial charge in [-0.2, -0.15) is 11.8 Å². The normalized spacial score (nSPS) is 20.5. The summed E-state index contributed by atoms with van der Waals surface area (Å²) in [5.41, 5.74) is 2.28. The van der Waals surface area contributed by atoms with Crippen LogP contribution < -0.4 is 26.2 Å². The van der Waals surface area contributed by atoms with Crippen LogP contribution in [0.25, 0.3) is 0 Å². The Morgan fingerprint density at radius 1 is 0.840 bits per heavy atom. The molecule has 50 heavy (non-hydrogen) atoms. The van der Waals surface area contributed by atoms with Crippen molar-refractivity contribution in [2.75, 3.05) is 56.6 Å². The molecule has 3 saturated heterocycles. The number of carbonyl (C=O) groups is 4. The van der Waals surface area contributed by atoms with Crippen molar-refractivity contribution in [1.29, 1.82) is 0 Å². The third-order valence-corrected chi connectivity index (χ3v) is 11.3. The number of amides is 5. The molecular formula is C38H54N6O5S. The first kappa shape index (κ1) is 37.6. The Hall–Kier alpha value is -3.61. The first-order chi connectivity index (χ1) is 24.5. The number of nitrogens with zero attached hydrogens (tertiary/aromatic N) is 2. The zero-order valence-corrected chi connectivity index (χ0v) is 30.0. The molecule has 0 aromatic heterocycles. The molecule has 272 valence electrons. The summed E-state index contributed by atoms with van der Waals surface area (Å²) in [6, 6.07) is 21.0. The van der Waals surface area contributed by atoms with Gasteiger partial charge in [-0.15, -0.1) is 0 Å². The molecule has 11 nitrogen and oxygen atoms in total. The number of nitrogens with one attached hydrogen (secondary N) is 4. The molecule has 3 aliphatic rings. The van der Waals surface area contributed by atoms with E-state index in [-0.39, 0.29) is 48.3 Å². The van der Waals surface area contributed by atoms with Gasteiger partial charge in [-0.3, -0.25) is 14.4 Å². The second-order valence-electron chi connectivity index (χ2n) is 13.4. The highest BCUT2D eigenvalue weighted by atomic mass is 32.2. The van der Waals surface area contributed by atoms with Crippen LogP contribution in [-0.2, 0) is 25.5 Å². The summed E-state index contributed by atoms with van der Waals surface area (Å²) in [5, 5.41) is 12.1. The summed E-state index contributed by atoms with van der Waals surface area (Å²) in [6.07, 6.45) is 7.24. The number of carbonyl (C=O) groups excluding carboxylic acids is 4. The van der Waals surface area contributed by atoms with Gasteiger partial charge >= 0.3 is 6.03 Å². The van der Waals surface area contributed by atoms with Crippen molar-refractivity contribution in [3.05, 3.63) is 66.2 Å². The van der Waals surface area contributed by atoms with Crippen molar-refractivity contribution in [1.82, 2.24) is 26.2 Å². The highest BCUT2D eigenvalue weighted by Gasteiger charge is 2.42. The number of ether oxygens (including phenoxy) is 1. The number of fused-ring (bicyclic) bond motifs is 1. The van der Waals surface area contributed by atoms with E-state index >= 15 is 0 Å². The topological polar surface area (TPSA) is 132 Å². The SMILES string of the molecule is O=C(CCCC[C@@H]1SC[C@@H]2NC(=O)N[C@@H]21)NCCOCCNC(=O)CCCC(=O)N(c1ccccc1)C1CCN(CCc2ccccc2)CC1. The average molecular weight is 707 g/mol. The lowest BCUT2D eigenvalue weighted by atomic mass is 10.0. The lowest BCUT2D eigenvalue weighted by Gasteiger charge is -2.38. The Kier molecular flexibility index (Phi) is 15.3. The Morgan fingerprint density at radius 2 is 1.50 bits per heavy atom. The van der Waals surface area contributed by atoms with Crippen LogP contribution in [0.2, 0.25) is 0 Å². The third-order valence-electron chi connectivity index (χ3n) is 9.80. The van der Waals surface area contributed by atoms with Crippen LogP contribution in [0.1, 0.15) is 63.4 Å². The van der Waals surface area contributed by atoms with Crippen molar-refractivity contribution in [2.45, 2.75) is 87.6 Å². The fraction of sp³-hybridized carbons (Fsp3) is 0.579. The first-order valence-corrected chi connectivity index (χ1v) is 19.4. The van der Waals surface area contributed by atoms with Crippen molar-refractivity contribution in [3.8, 4) is 0 Å². The summed E-state index contributed by atoms with van der Waals surface area (Å²) < 4.78 is 5.58. The fourth-order valence-corrected chi connectivity index (χ4v) is 8.62. The van der Waals surface area contributed by atoms with Gasteiger partial charge in [-0.25, -0.2) is 4.79 Å². The van der Waals surface area contributed by atoms with Crippen LogP contribution in [-0.4, -0.2) is 104 Å². The molecule has 0 unspecified atom stereocenters. The van der Waals surface area contributed by atoms with Gasteiger partial charge in [-0.1, -0.05) is 55.0 Å². The van der Waals surface area contributed by atoms with Gasteiger partial charge in [0, 0.05) is 74.7 Å². The van der Waals surface area contributed by atoms with Crippen LogP contribution in [0.4, 0.5) is 10.5 Å². The Morgan fingerprint density at radius 3 is 2.20 bits per heavy atom. The molecule has 5 rings (SSSR count). The average Bonchev–Trinajstić information content (AvgIpc) is 3.69. The number of hydrogen-bond acceptors (Lipinski definition) is 7. The van der Waals surface area contributed by atoms with E-state index in [0.717, 1.165) is 69.6 Å². The summed E-state index contributed by atoms with van der Waals surface area (Å²) in [4.78, 5) is 54.1. The molecule has 0 radical (unpaired) electrons. The maximum Gasteiger partial charge on any atom is 0.315 e. The second-order valence-corrected chi connectivity index (χ2v) is 14.7. The van der Waals surface area contributed by atoms with Crippen LogP contribution >= 0.6 is 11.8 Å². The van der Waals surface area contributed by atoms with Crippen molar-refractivity contribution >= 4 is 41.2 Å². The summed E-state index contributed by atoms with van der Waals surface area (Å²) >= 11 is 1.89. The van der Waals surface area contributed by atoms with E-state index in [1.54, 1.807) is 0 Å². The zero-order chi connectivity index (χ0) is 35.0. The lowest BCUT2D eigenvalue weighted by Crippen LogP contribution is -2.48. The maximum atomic E-state index is 13.5. The molecule has 12 heteroatoms. The molecule has 0 saturated carbocycles. The molecule has 2 aromatic carbocycles. The van der Waals surface area contributed by atoms with Gasteiger partial charge in [0.2, 0.25) is 17.7 Å². The molecule has 3 atom stereocenters. The summed E-state index contributed by atoms with van der Waals surface area (Å²) in [6.45, 7) is 4.51. The van der Waals surface area contributed by atoms with Gasteiger partial charge in [0.15, 0.2) is 0 Å². The Bertz CT molecular complexity index is 1360. The second kappa shape index (κ2) is 20.3. The number of unbranched alkanes of at least 4 members (excludes halogenated alkanes) is 1. The molecule has 3 heterocycles. The standard InChI is InChI=1S/C38H54N6O5S/c45-34(15-8-7-14-33-37-32(28-50-33)41-38(48)42-37)39-21-26-49-27-22-40-35(46)16-9-17-36(47)44(30-12-5-2-6-13-30)31-19-24-43(25-20-31)23-18-29-10-3-1-4-11-29/h1-6,10-13,31-33,37H,7-9,14-28H2,(H,39,45)(H,40,46)(H2,41,42,48)/t32-,33-,37-/m0/s1. The molecule has 0 bridgehead atoms. The highest BCUT2D eigenvalue weighted by molar-refractivity contribution is 8.00. The van der Waals surface area contributed by atoms with Crippen molar-refractivity contribution in [3.63, 3.8) is 0 Å². The number of likely N-dealkylation sites (tertiary alicyclic amines) is 1. The molecular weight excluding hydrogens is 653 g/mol. The molecule has 2 aromatic rings. The van der Waals surface area contributed by atoms with Gasteiger partial charge in [0.05, 0.1) is 25.3 Å². The molecule has 3 aliphatic heterocycles. The first-order valence-electron chi connectivity index (χ1n) is 18.4. The number of benzene rings is 2. The predicted octanol–water partition coefficient (Wildman–Crippen LogP) is 3.87. The van der Waals surface area contributed by atoms with E-state index < -0.39 is 0 Å². The van der Waals surface area contributed by atoms with Gasteiger partial charge in [0.25, 0.3) is 0 Å². The summed E-state index contributed by atoms with van der Waals surface area (Å²) in [7, 11) is 0. The van der Waals surface area contributed by atoms with E-state index in [2.05, 4.69) is 50.4 Å². The lowest BCUT2D eigenvalue weighted by molar-refractivity contribution is -0.122. The quantitative estimate of drug-likeness (QED) is 0.122. The van der Waals surface area contributed by atoms with Gasteiger partial charge < -0.3 is 35.8 Å². The predicted molar refractivity (Wildman–Crippen MR) is 198 cm³/mol. The van der Waals surface area contributed by atoms with E-state index in [4.69, 9.17) is 4.74 Å². The fourth-order valence-electron chi connectivity index (χ4n) is 7.08. The number of para-hydroxylation sites is 1. The van der Waals surface area contributed by atoms with Crippen molar-refractivity contribution in [2.24, 2.45) is 0 Å². The minimum atomic E-state index is -0.0919. The third kappa shape index (κ3) is 12.0. The molecule has 3 fully saturated rings.